The molecule has 1 heterocycles. The number of amides is 1. The molecule has 2 N–H and O–H groups in total. The number of β-amino-alcohol motifs (C(OH)–C–C–N with tert-alkyl or cyclic N) is 1. The van der Waals surface area contributed by atoms with Gasteiger partial charge in [-0.15, -0.1) is 0 Å². The number of carbonyl (C=O) groups is 1. The predicted molar refractivity (Wildman–Crippen MR) is 131 cm³/mol. The standard InChI is InChI=1S/C28H30N2O3/c1-33-25-16-8-13-23(20-25)27(32)29-28(24-14-6-3-7-15-24)17-19-30(21-26(28)31)18-9-12-22-10-4-2-5-11-22/h2-16,20,26,31H,17-19,21H2,1H3,(H,29,32)/b12-9+/t26-,28-/m1/s1. The van der Waals surface area contributed by atoms with Crippen molar-refractivity contribution in [3.05, 3.63) is 108 Å². The minimum atomic E-state index is -0.860. The average Bonchev–Trinajstić information content (AvgIpc) is 2.87. The quantitative estimate of drug-likeness (QED) is 0.578. The van der Waals surface area contributed by atoms with Gasteiger partial charge in [-0.3, -0.25) is 9.69 Å². The Labute approximate surface area is 195 Å². The Morgan fingerprint density at radius 1 is 1.09 bits per heavy atom. The number of ether oxygens (including phenoxy) is 1. The average molecular weight is 443 g/mol. The summed E-state index contributed by atoms with van der Waals surface area (Å²) in [6.07, 6.45) is 4.06. The topological polar surface area (TPSA) is 61.8 Å². The van der Waals surface area contributed by atoms with E-state index in [1.807, 2.05) is 48.5 Å². The second-order valence-electron chi connectivity index (χ2n) is 8.36. The Kier molecular flexibility index (Phi) is 7.23. The first-order chi connectivity index (χ1) is 16.1. The van der Waals surface area contributed by atoms with Crippen molar-refractivity contribution in [2.45, 2.75) is 18.1 Å². The van der Waals surface area contributed by atoms with Gasteiger partial charge >= 0.3 is 0 Å². The SMILES string of the molecule is COc1cccc(C(=O)N[C@@]2(c3ccccc3)CCN(C/C=C/c3ccccc3)C[C@H]2O)c1. The molecule has 2 atom stereocenters. The van der Waals surface area contributed by atoms with Crippen molar-refractivity contribution in [2.75, 3.05) is 26.7 Å². The summed E-state index contributed by atoms with van der Waals surface area (Å²) in [6.45, 7) is 1.95. The van der Waals surface area contributed by atoms with Gasteiger partial charge < -0.3 is 15.2 Å². The summed E-state index contributed by atoms with van der Waals surface area (Å²) >= 11 is 0. The van der Waals surface area contributed by atoms with Gasteiger partial charge in [-0.2, -0.15) is 0 Å². The smallest absolute Gasteiger partial charge is 0.252 e. The molecule has 0 unspecified atom stereocenters. The fourth-order valence-electron chi connectivity index (χ4n) is 4.39. The van der Waals surface area contributed by atoms with Crippen LogP contribution in [0.4, 0.5) is 0 Å². The Hall–Kier alpha value is -3.41. The highest BCUT2D eigenvalue weighted by Crippen LogP contribution is 2.34. The van der Waals surface area contributed by atoms with E-state index in [9.17, 15) is 9.90 Å². The molecule has 0 bridgehead atoms. The molecule has 3 aromatic rings. The van der Waals surface area contributed by atoms with Gasteiger partial charge in [0.2, 0.25) is 0 Å². The zero-order valence-electron chi connectivity index (χ0n) is 18.9. The fraction of sp³-hybridized carbons (Fsp3) is 0.250. The van der Waals surface area contributed by atoms with Crippen LogP contribution in [-0.2, 0) is 5.54 Å². The van der Waals surface area contributed by atoms with Crippen LogP contribution in [0.1, 0.15) is 27.9 Å². The second-order valence-corrected chi connectivity index (χ2v) is 8.36. The maximum Gasteiger partial charge on any atom is 0.252 e. The maximum absolute atomic E-state index is 13.2. The number of carbonyl (C=O) groups excluding carboxylic acids is 1. The van der Waals surface area contributed by atoms with Gasteiger partial charge in [0, 0.05) is 25.2 Å². The molecule has 3 aromatic carbocycles. The van der Waals surface area contributed by atoms with Gasteiger partial charge in [-0.25, -0.2) is 0 Å². The number of piperidine rings is 1. The van der Waals surface area contributed by atoms with E-state index in [4.69, 9.17) is 4.74 Å². The summed E-state index contributed by atoms with van der Waals surface area (Å²) in [7, 11) is 1.58. The van der Waals surface area contributed by atoms with Gasteiger partial charge in [0.1, 0.15) is 5.75 Å². The van der Waals surface area contributed by atoms with E-state index in [0.29, 0.717) is 24.3 Å². The number of benzene rings is 3. The number of likely N-dealkylation sites (tertiary alicyclic amines) is 1. The third-order valence-corrected chi connectivity index (χ3v) is 6.25. The highest BCUT2D eigenvalue weighted by molar-refractivity contribution is 5.95. The van der Waals surface area contributed by atoms with Gasteiger partial charge in [0.25, 0.3) is 5.91 Å². The Bertz CT molecular complexity index is 1080. The summed E-state index contributed by atoms with van der Waals surface area (Å²) in [5, 5.41) is 14.5. The van der Waals surface area contributed by atoms with E-state index in [1.165, 1.54) is 0 Å². The predicted octanol–water partition coefficient (Wildman–Crippen LogP) is 4.10. The minimum absolute atomic E-state index is 0.228. The number of methoxy groups -OCH3 is 1. The number of nitrogens with zero attached hydrogens (tertiary/aromatic N) is 1. The Balaban J connectivity index is 1.51. The molecule has 0 aromatic heterocycles. The van der Waals surface area contributed by atoms with E-state index >= 15 is 0 Å². The van der Waals surface area contributed by atoms with E-state index in [1.54, 1.807) is 31.4 Å². The van der Waals surface area contributed by atoms with Gasteiger partial charge in [-0.05, 0) is 35.7 Å². The fourth-order valence-corrected chi connectivity index (χ4v) is 4.39. The first kappa shape index (κ1) is 22.8. The van der Waals surface area contributed by atoms with Gasteiger partial charge in [0.15, 0.2) is 0 Å². The lowest BCUT2D eigenvalue weighted by Crippen LogP contribution is -2.61. The summed E-state index contributed by atoms with van der Waals surface area (Å²) in [5.74, 6) is 0.395. The first-order valence-corrected chi connectivity index (χ1v) is 11.2. The van der Waals surface area contributed by atoms with E-state index < -0.39 is 11.6 Å². The van der Waals surface area contributed by atoms with Crippen LogP contribution in [0.3, 0.4) is 0 Å². The third-order valence-electron chi connectivity index (χ3n) is 6.25. The minimum Gasteiger partial charge on any atom is -0.497 e. The van der Waals surface area contributed by atoms with Crippen molar-refractivity contribution in [1.82, 2.24) is 10.2 Å². The molecule has 5 heteroatoms. The van der Waals surface area contributed by atoms with Gasteiger partial charge in [-0.1, -0.05) is 78.9 Å². The molecule has 170 valence electrons. The summed E-state index contributed by atoms with van der Waals surface area (Å²) in [4.78, 5) is 15.4. The van der Waals surface area contributed by atoms with E-state index in [2.05, 4.69) is 34.5 Å². The van der Waals surface area contributed by atoms with Crippen LogP contribution < -0.4 is 10.1 Å². The molecular weight excluding hydrogens is 412 g/mol. The zero-order chi connectivity index (χ0) is 23.1. The molecule has 0 spiro atoms. The lowest BCUT2D eigenvalue weighted by atomic mass is 9.78. The number of aliphatic hydroxyl groups excluding tert-OH is 1. The highest BCUT2D eigenvalue weighted by atomic mass is 16.5. The van der Waals surface area contributed by atoms with E-state index in [-0.39, 0.29) is 5.91 Å². The summed E-state index contributed by atoms with van der Waals surface area (Å²) in [5.41, 5.74) is 1.71. The molecule has 0 saturated carbocycles. The number of aliphatic hydroxyl groups is 1. The van der Waals surface area contributed by atoms with Crippen molar-refractivity contribution in [2.24, 2.45) is 0 Å². The van der Waals surface area contributed by atoms with Crippen molar-refractivity contribution in [3.8, 4) is 5.75 Å². The van der Waals surface area contributed by atoms with Crippen molar-refractivity contribution < 1.29 is 14.6 Å². The van der Waals surface area contributed by atoms with Crippen LogP contribution in [0.2, 0.25) is 0 Å². The molecule has 1 saturated heterocycles. The Morgan fingerprint density at radius 3 is 2.52 bits per heavy atom. The monoisotopic (exact) mass is 442 g/mol. The normalized spacial score (nSPS) is 21.1. The molecule has 5 nitrogen and oxygen atoms in total. The largest absolute Gasteiger partial charge is 0.497 e. The van der Waals surface area contributed by atoms with E-state index in [0.717, 1.165) is 24.2 Å². The molecule has 0 aliphatic carbocycles. The van der Waals surface area contributed by atoms with Crippen LogP contribution in [0, 0.1) is 0 Å². The zero-order valence-corrected chi connectivity index (χ0v) is 18.9. The maximum atomic E-state index is 13.2. The molecule has 1 aliphatic heterocycles. The molecular formula is C28H30N2O3. The third kappa shape index (κ3) is 5.33. The first-order valence-electron chi connectivity index (χ1n) is 11.2. The number of hydrogen-bond donors (Lipinski definition) is 2. The lowest BCUT2D eigenvalue weighted by Gasteiger charge is -2.46. The van der Waals surface area contributed by atoms with Crippen LogP contribution in [0.25, 0.3) is 6.08 Å². The molecule has 1 aliphatic rings. The van der Waals surface area contributed by atoms with Gasteiger partial charge in [0.05, 0.1) is 18.8 Å². The Morgan fingerprint density at radius 2 is 1.82 bits per heavy atom. The van der Waals surface area contributed by atoms with Crippen LogP contribution >= 0.6 is 0 Å². The van der Waals surface area contributed by atoms with Crippen LogP contribution in [0.15, 0.2) is 91.0 Å². The number of nitrogens with one attached hydrogen (secondary N) is 1. The van der Waals surface area contributed by atoms with Crippen molar-refractivity contribution in [1.29, 1.82) is 0 Å². The highest BCUT2D eigenvalue weighted by Gasteiger charge is 2.44. The molecule has 0 radical (unpaired) electrons. The summed E-state index contributed by atoms with van der Waals surface area (Å²) < 4.78 is 5.27. The summed E-state index contributed by atoms with van der Waals surface area (Å²) in [6, 6.07) is 27.0. The molecule has 4 rings (SSSR count). The number of hydrogen-bond acceptors (Lipinski definition) is 4. The van der Waals surface area contributed by atoms with Crippen LogP contribution in [0.5, 0.6) is 5.75 Å². The van der Waals surface area contributed by atoms with Crippen LogP contribution in [-0.4, -0.2) is 48.8 Å². The molecule has 1 amide bonds. The molecule has 33 heavy (non-hydrogen) atoms. The van der Waals surface area contributed by atoms with Crippen molar-refractivity contribution in [3.63, 3.8) is 0 Å². The molecule has 1 fully saturated rings. The lowest BCUT2D eigenvalue weighted by molar-refractivity contribution is -0.0120. The second kappa shape index (κ2) is 10.5. The van der Waals surface area contributed by atoms with Crippen molar-refractivity contribution >= 4 is 12.0 Å². The number of rotatable bonds is 7.